The smallest absolute Gasteiger partial charge is 0.326 e. The van der Waals surface area contributed by atoms with Gasteiger partial charge < -0.3 is 20.5 Å². The minimum absolute atomic E-state index is 0.356. The molecule has 6 heteroatoms. The zero-order valence-electron chi connectivity index (χ0n) is 9.97. The lowest BCUT2D eigenvalue weighted by Gasteiger charge is -2.26. The van der Waals surface area contributed by atoms with Gasteiger partial charge in [-0.2, -0.15) is 0 Å². The summed E-state index contributed by atoms with van der Waals surface area (Å²) in [6.07, 6.45) is 0.740. The van der Waals surface area contributed by atoms with Crippen LogP contribution in [-0.2, 0) is 14.3 Å². The Morgan fingerprint density at radius 3 is 2.44 bits per heavy atom. The van der Waals surface area contributed by atoms with Gasteiger partial charge in [0.2, 0.25) is 5.91 Å². The predicted molar refractivity (Wildman–Crippen MR) is 59.0 cm³/mol. The van der Waals surface area contributed by atoms with E-state index in [4.69, 9.17) is 15.6 Å². The van der Waals surface area contributed by atoms with Crippen molar-refractivity contribution < 1.29 is 19.4 Å². The van der Waals surface area contributed by atoms with Crippen molar-refractivity contribution in [3.63, 3.8) is 0 Å². The van der Waals surface area contributed by atoms with Gasteiger partial charge >= 0.3 is 5.97 Å². The second kappa shape index (κ2) is 7.19. The zero-order chi connectivity index (χ0) is 12.7. The number of nitrogens with two attached hydrogens (primary N) is 1. The van der Waals surface area contributed by atoms with Crippen molar-refractivity contribution >= 4 is 11.9 Å². The van der Waals surface area contributed by atoms with E-state index in [0.29, 0.717) is 19.4 Å². The molecule has 0 aliphatic carbocycles. The van der Waals surface area contributed by atoms with E-state index in [0.717, 1.165) is 0 Å². The van der Waals surface area contributed by atoms with Crippen molar-refractivity contribution in [1.29, 1.82) is 0 Å². The Hall–Kier alpha value is -1.14. The number of ether oxygens (including phenoxy) is 1. The highest BCUT2D eigenvalue weighted by Gasteiger charge is 2.27. The summed E-state index contributed by atoms with van der Waals surface area (Å²) in [5.41, 5.74) is 5.63. The summed E-state index contributed by atoms with van der Waals surface area (Å²) in [6.45, 7) is 2.09. The van der Waals surface area contributed by atoms with Crippen molar-refractivity contribution in [2.75, 3.05) is 20.8 Å². The molecule has 0 spiro atoms. The molecule has 0 aromatic heterocycles. The molecule has 0 aliphatic rings. The van der Waals surface area contributed by atoms with Gasteiger partial charge in [0.05, 0.1) is 6.04 Å². The molecular formula is C10H20N2O4. The lowest BCUT2D eigenvalue weighted by molar-refractivity contribution is -0.149. The molecule has 3 N–H and O–H groups in total. The average molecular weight is 232 g/mol. The molecule has 0 saturated carbocycles. The standard InChI is InChI=1S/C10H20N2O4/c1-4-8(10(14)15)12(2)9(13)7(11)5-6-16-3/h7-8H,4-6,11H2,1-3H3,(H,14,15). The molecule has 0 aromatic rings. The summed E-state index contributed by atoms with van der Waals surface area (Å²) in [4.78, 5) is 23.8. The maximum absolute atomic E-state index is 11.7. The monoisotopic (exact) mass is 232 g/mol. The fourth-order valence-corrected chi connectivity index (χ4v) is 1.40. The fourth-order valence-electron chi connectivity index (χ4n) is 1.40. The minimum atomic E-state index is -1.02. The van der Waals surface area contributed by atoms with E-state index in [1.54, 1.807) is 6.92 Å². The molecule has 0 fully saturated rings. The van der Waals surface area contributed by atoms with Crippen molar-refractivity contribution in [2.45, 2.75) is 31.8 Å². The first-order valence-electron chi connectivity index (χ1n) is 5.19. The number of carbonyl (C=O) groups excluding carboxylic acids is 1. The molecule has 2 atom stereocenters. The molecule has 16 heavy (non-hydrogen) atoms. The fraction of sp³-hybridized carbons (Fsp3) is 0.800. The van der Waals surface area contributed by atoms with Gasteiger partial charge in [-0.1, -0.05) is 6.92 Å². The largest absolute Gasteiger partial charge is 0.480 e. The molecule has 94 valence electrons. The van der Waals surface area contributed by atoms with Crippen molar-refractivity contribution in [1.82, 2.24) is 4.90 Å². The van der Waals surface area contributed by atoms with Gasteiger partial charge in [0.1, 0.15) is 6.04 Å². The number of carboxylic acids is 1. The molecule has 0 aromatic carbocycles. The second-order valence-corrected chi connectivity index (χ2v) is 3.60. The zero-order valence-corrected chi connectivity index (χ0v) is 9.97. The Morgan fingerprint density at radius 2 is 2.06 bits per heavy atom. The summed E-state index contributed by atoms with van der Waals surface area (Å²) in [5, 5.41) is 8.89. The number of hydrogen-bond acceptors (Lipinski definition) is 4. The third-order valence-electron chi connectivity index (χ3n) is 2.44. The minimum Gasteiger partial charge on any atom is -0.480 e. The Morgan fingerprint density at radius 1 is 1.50 bits per heavy atom. The summed E-state index contributed by atoms with van der Waals surface area (Å²) in [5.74, 6) is -1.39. The maximum atomic E-state index is 11.7. The number of carboxylic acid groups (broad SMARTS) is 1. The van der Waals surface area contributed by atoms with Gasteiger partial charge in [0, 0.05) is 20.8 Å². The second-order valence-electron chi connectivity index (χ2n) is 3.60. The van der Waals surface area contributed by atoms with E-state index in [1.807, 2.05) is 0 Å². The van der Waals surface area contributed by atoms with E-state index in [2.05, 4.69) is 0 Å². The molecule has 0 rings (SSSR count). The summed E-state index contributed by atoms with van der Waals surface area (Å²) >= 11 is 0. The number of nitrogens with zero attached hydrogens (tertiary/aromatic N) is 1. The highest BCUT2D eigenvalue weighted by Crippen LogP contribution is 2.05. The number of hydrogen-bond donors (Lipinski definition) is 2. The average Bonchev–Trinajstić information content (AvgIpc) is 2.24. The number of amides is 1. The van der Waals surface area contributed by atoms with Gasteiger partial charge in [-0.05, 0) is 12.8 Å². The van der Waals surface area contributed by atoms with Crippen LogP contribution in [0.5, 0.6) is 0 Å². The molecular weight excluding hydrogens is 212 g/mol. The molecule has 0 heterocycles. The Kier molecular flexibility index (Phi) is 6.67. The van der Waals surface area contributed by atoms with Crippen LogP contribution in [0.15, 0.2) is 0 Å². The molecule has 0 saturated heterocycles. The van der Waals surface area contributed by atoms with E-state index < -0.39 is 18.1 Å². The Balaban J connectivity index is 4.40. The number of methoxy groups -OCH3 is 1. The number of carbonyl (C=O) groups is 2. The SMILES string of the molecule is CCC(C(=O)O)N(C)C(=O)C(N)CCOC. The number of likely N-dealkylation sites (N-methyl/N-ethyl adjacent to an activating group) is 1. The third-order valence-corrected chi connectivity index (χ3v) is 2.44. The molecule has 6 nitrogen and oxygen atoms in total. The van der Waals surface area contributed by atoms with E-state index >= 15 is 0 Å². The van der Waals surface area contributed by atoms with E-state index in [-0.39, 0.29) is 5.91 Å². The lowest BCUT2D eigenvalue weighted by atomic mass is 10.1. The van der Waals surface area contributed by atoms with Gasteiger partial charge in [0.25, 0.3) is 0 Å². The predicted octanol–water partition coefficient (Wildman–Crippen LogP) is -0.328. The van der Waals surface area contributed by atoms with E-state index in [9.17, 15) is 9.59 Å². The van der Waals surface area contributed by atoms with Crippen LogP contribution in [0.4, 0.5) is 0 Å². The topological polar surface area (TPSA) is 92.9 Å². The van der Waals surface area contributed by atoms with Crippen molar-refractivity contribution in [3.8, 4) is 0 Å². The highest BCUT2D eigenvalue weighted by atomic mass is 16.5. The van der Waals surface area contributed by atoms with Crippen LogP contribution >= 0.6 is 0 Å². The summed E-state index contributed by atoms with van der Waals surface area (Å²) in [7, 11) is 2.98. The van der Waals surface area contributed by atoms with Gasteiger partial charge in [-0.15, -0.1) is 0 Å². The highest BCUT2D eigenvalue weighted by molar-refractivity contribution is 5.86. The maximum Gasteiger partial charge on any atom is 0.326 e. The third kappa shape index (κ3) is 4.16. The first-order valence-corrected chi connectivity index (χ1v) is 5.19. The Bertz CT molecular complexity index is 245. The van der Waals surface area contributed by atoms with Crippen LogP contribution in [0.2, 0.25) is 0 Å². The van der Waals surface area contributed by atoms with Gasteiger partial charge in [0.15, 0.2) is 0 Å². The van der Waals surface area contributed by atoms with Crippen LogP contribution < -0.4 is 5.73 Å². The van der Waals surface area contributed by atoms with Crippen LogP contribution in [0.25, 0.3) is 0 Å². The first-order chi connectivity index (χ1) is 7.45. The van der Waals surface area contributed by atoms with Crippen molar-refractivity contribution in [2.24, 2.45) is 5.73 Å². The molecule has 2 unspecified atom stereocenters. The number of rotatable bonds is 7. The molecule has 0 aliphatic heterocycles. The molecule has 0 radical (unpaired) electrons. The Labute approximate surface area is 95.4 Å². The van der Waals surface area contributed by atoms with Crippen LogP contribution in [0.1, 0.15) is 19.8 Å². The van der Waals surface area contributed by atoms with Crippen LogP contribution in [0.3, 0.4) is 0 Å². The van der Waals surface area contributed by atoms with Crippen molar-refractivity contribution in [3.05, 3.63) is 0 Å². The van der Waals surface area contributed by atoms with Crippen LogP contribution in [-0.4, -0.2) is 54.7 Å². The number of aliphatic carboxylic acids is 1. The normalized spacial score (nSPS) is 14.2. The lowest BCUT2D eigenvalue weighted by Crippen LogP contribution is -2.49. The van der Waals surface area contributed by atoms with Gasteiger partial charge in [-0.3, -0.25) is 4.79 Å². The quantitative estimate of drug-likeness (QED) is 0.627. The summed E-state index contributed by atoms with van der Waals surface area (Å²) in [6, 6.07) is -1.53. The van der Waals surface area contributed by atoms with Crippen LogP contribution in [0, 0.1) is 0 Å². The van der Waals surface area contributed by atoms with Gasteiger partial charge in [-0.25, -0.2) is 4.79 Å². The summed E-state index contributed by atoms with van der Waals surface area (Å²) < 4.78 is 4.81. The molecule has 0 bridgehead atoms. The van der Waals surface area contributed by atoms with E-state index in [1.165, 1.54) is 19.1 Å². The first kappa shape index (κ1) is 14.9. The molecule has 1 amide bonds.